The number of carbonyl (C=O) groups is 3. The number of benzene rings is 1. The molecule has 4 saturated carbocycles. The maximum atomic E-state index is 12.7. The first-order chi connectivity index (χ1) is 16.0. The van der Waals surface area contributed by atoms with Crippen LogP contribution in [0.1, 0.15) is 44.9 Å². The van der Waals surface area contributed by atoms with E-state index < -0.39 is 0 Å². The van der Waals surface area contributed by atoms with Crippen molar-refractivity contribution in [3.05, 3.63) is 30.3 Å². The molecule has 5 fully saturated rings. The fraction of sp³-hybridized carbons (Fsp3) is 0.654. The number of anilines is 1. The molecule has 1 aromatic carbocycles. The molecule has 0 unspecified atom stereocenters. The lowest BCUT2D eigenvalue weighted by Gasteiger charge is -2.56. The van der Waals surface area contributed by atoms with Gasteiger partial charge in [-0.3, -0.25) is 19.3 Å². The van der Waals surface area contributed by atoms with Crippen LogP contribution in [-0.2, 0) is 14.4 Å². The van der Waals surface area contributed by atoms with Gasteiger partial charge in [-0.15, -0.1) is 0 Å². The molecular formula is C26H36N4O3. The molecule has 6 rings (SSSR count). The second kappa shape index (κ2) is 9.45. The van der Waals surface area contributed by atoms with Gasteiger partial charge in [-0.2, -0.15) is 0 Å². The third-order valence-corrected chi connectivity index (χ3v) is 8.29. The molecule has 0 spiro atoms. The predicted molar refractivity (Wildman–Crippen MR) is 126 cm³/mol. The molecule has 1 aromatic rings. The van der Waals surface area contributed by atoms with Gasteiger partial charge in [0.05, 0.1) is 13.1 Å². The van der Waals surface area contributed by atoms with E-state index in [2.05, 4.69) is 15.5 Å². The van der Waals surface area contributed by atoms with Crippen molar-refractivity contribution in [2.24, 2.45) is 23.2 Å². The Balaban J connectivity index is 1.01. The van der Waals surface area contributed by atoms with Crippen LogP contribution >= 0.6 is 0 Å². The van der Waals surface area contributed by atoms with Crippen LogP contribution in [0.3, 0.4) is 0 Å². The lowest BCUT2D eigenvalue weighted by Crippen LogP contribution is -2.53. The highest BCUT2D eigenvalue weighted by Gasteiger charge is 2.51. The van der Waals surface area contributed by atoms with E-state index in [4.69, 9.17) is 0 Å². The van der Waals surface area contributed by atoms with Crippen LogP contribution in [-0.4, -0.2) is 66.8 Å². The number of hydrogen-bond donors (Lipinski definition) is 2. The molecule has 1 heterocycles. The molecule has 3 amide bonds. The Morgan fingerprint density at radius 2 is 1.45 bits per heavy atom. The summed E-state index contributed by atoms with van der Waals surface area (Å²) in [5.41, 5.74) is 0.994. The van der Waals surface area contributed by atoms with E-state index in [1.165, 1.54) is 38.5 Å². The summed E-state index contributed by atoms with van der Waals surface area (Å²) in [6, 6.07) is 9.43. The molecule has 7 nitrogen and oxygen atoms in total. The normalized spacial score (nSPS) is 30.8. The molecule has 4 bridgehead atoms. The molecule has 0 aromatic heterocycles. The van der Waals surface area contributed by atoms with Crippen molar-refractivity contribution in [1.82, 2.24) is 15.1 Å². The Morgan fingerprint density at radius 1 is 0.848 bits per heavy atom. The molecule has 1 aliphatic heterocycles. The van der Waals surface area contributed by atoms with Crippen molar-refractivity contribution >= 4 is 23.4 Å². The zero-order valence-corrected chi connectivity index (χ0v) is 19.4. The number of para-hydroxylation sites is 1. The standard InChI is InChI=1S/C26H36N4O3/c31-23(16-26-13-19-10-20(14-26)12-21(11-19)15-26)27-17-25(33)30-8-6-29(7-9-30)18-24(32)28-22-4-2-1-3-5-22/h1-5,19-21H,6-18H2,(H,27,31)(H,28,32). The number of nitrogens with zero attached hydrogens (tertiary/aromatic N) is 2. The molecule has 0 radical (unpaired) electrons. The highest BCUT2D eigenvalue weighted by Crippen LogP contribution is 2.61. The lowest BCUT2D eigenvalue weighted by atomic mass is 9.49. The van der Waals surface area contributed by atoms with Crippen LogP contribution in [0.4, 0.5) is 5.69 Å². The summed E-state index contributed by atoms with van der Waals surface area (Å²) in [5.74, 6) is 2.46. The SMILES string of the molecule is O=C(CC12CC3CC(CC(C3)C1)C2)NCC(=O)N1CCN(CC(=O)Nc2ccccc2)CC1. The minimum Gasteiger partial charge on any atom is -0.347 e. The zero-order valence-electron chi connectivity index (χ0n) is 19.4. The summed E-state index contributed by atoms with van der Waals surface area (Å²) >= 11 is 0. The molecule has 4 aliphatic carbocycles. The van der Waals surface area contributed by atoms with Gasteiger partial charge in [0, 0.05) is 38.3 Å². The second-order valence-corrected chi connectivity index (χ2v) is 10.9. The Bertz CT molecular complexity index is 843. The summed E-state index contributed by atoms with van der Waals surface area (Å²) < 4.78 is 0. The Labute approximate surface area is 196 Å². The van der Waals surface area contributed by atoms with E-state index in [1.54, 1.807) is 4.90 Å². The highest BCUT2D eigenvalue weighted by molar-refractivity contribution is 5.92. The van der Waals surface area contributed by atoms with Crippen LogP contribution in [0.15, 0.2) is 30.3 Å². The zero-order chi connectivity index (χ0) is 22.8. The number of hydrogen-bond acceptors (Lipinski definition) is 4. The molecule has 33 heavy (non-hydrogen) atoms. The summed E-state index contributed by atoms with van der Waals surface area (Å²) in [5, 5.41) is 5.82. The molecule has 1 saturated heterocycles. The molecular weight excluding hydrogens is 416 g/mol. The van der Waals surface area contributed by atoms with Crippen molar-refractivity contribution in [2.75, 3.05) is 44.6 Å². The van der Waals surface area contributed by atoms with Crippen molar-refractivity contribution in [2.45, 2.75) is 44.9 Å². The van der Waals surface area contributed by atoms with Gasteiger partial charge >= 0.3 is 0 Å². The second-order valence-electron chi connectivity index (χ2n) is 10.9. The van der Waals surface area contributed by atoms with Crippen LogP contribution in [0.5, 0.6) is 0 Å². The van der Waals surface area contributed by atoms with Crippen LogP contribution in [0.2, 0.25) is 0 Å². The fourth-order valence-corrected chi connectivity index (χ4v) is 7.28. The number of nitrogens with one attached hydrogen (secondary N) is 2. The topological polar surface area (TPSA) is 81.8 Å². The van der Waals surface area contributed by atoms with Crippen molar-refractivity contribution in [1.29, 1.82) is 0 Å². The van der Waals surface area contributed by atoms with E-state index in [9.17, 15) is 14.4 Å². The van der Waals surface area contributed by atoms with Crippen molar-refractivity contribution < 1.29 is 14.4 Å². The summed E-state index contributed by atoms with van der Waals surface area (Å²) in [6.07, 6.45) is 8.34. The number of rotatable bonds is 7. The van der Waals surface area contributed by atoms with Crippen molar-refractivity contribution in [3.8, 4) is 0 Å². The first-order valence-electron chi connectivity index (χ1n) is 12.6. The summed E-state index contributed by atoms with van der Waals surface area (Å²) in [7, 11) is 0. The quantitative estimate of drug-likeness (QED) is 0.666. The van der Waals surface area contributed by atoms with Gasteiger partial charge < -0.3 is 15.5 Å². The van der Waals surface area contributed by atoms with Crippen molar-refractivity contribution in [3.63, 3.8) is 0 Å². The molecule has 178 valence electrons. The number of piperazine rings is 1. The van der Waals surface area contributed by atoms with Gasteiger partial charge in [-0.05, 0) is 73.8 Å². The van der Waals surface area contributed by atoms with E-state index in [0.29, 0.717) is 39.1 Å². The summed E-state index contributed by atoms with van der Waals surface area (Å²) in [4.78, 5) is 41.5. The molecule has 5 aliphatic rings. The minimum atomic E-state index is -0.0436. The maximum absolute atomic E-state index is 12.7. The average Bonchev–Trinajstić information content (AvgIpc) is 2.77. The number of amides is 3. The fourth-order valence-electron chi connectivity index (χ4n) is 7.28. The minimum absolute atomic E-state index is 0.0257. The Kier molecular flexibility index (Phi) is 6.41. The first kappa shape index (κ1) is 22.4. The van der Waals surface area contributed by atoms with Gasteiger partial charge in [0.25, 0.3) is 0 Å². The Hall–Kier alpha value is -2.41. The molecule has 0 atom stereocenters. The third-order valence-electron chi connectivity index (χ3n) is 8.29. The molecule has 2 N–H and O–H groups in total. The lowest BCUT2D eigenvalue weighted by molar-refractivity contribution is -0.136. The summed E-state index contributed by atoms with van der Waals surface area (Å²) in [6.45, 7) is 2.90. The Morgan fingerprint density at radius 3 is 2.06 bits per heavy atom. The molecule has 7 heteroatoms. The first-order valence-corrected chi connectivity index (χ1v) is 12.6. The van der Waals surface area contributed by atoms with Gasteiger partial charge in [-0.25, -0.2) is 0 Å². The monoisotopic (exact) mass is 452 g/mol. The van der Waals surface area contributed by atoms with Gasteiger partial charge in [0.1, 0.15) is 0 Å². The van der Waals surface area contributed by atoms with Crippen LogP contribution in [0, 0.1) is 23.2 Å². The largest absolute Gasteiger partial charge is 0.347 e. The average molecular weight is 453 g/mol. The van der Waals surface area contributed by atoms with E-state index in [-0.39, 0.29) is 29.7 Å². The van der Waals surface area contributed by atoms with E-state index in [0.717, 1.165) is 23.4 Å². The predicted octanol–water partition coefficient (Wildman–Crippen LogP) is 2.49. The van der Waals surface area contributed by atoms with Gasteiger partial charge in [-0.1, -0.05) is 18.2 Å². The smallest absolute Gasteiger partial charge is 0.242 e. The van der Waals surface area contributed by atoms with E-state index in [1.807, 2.05) is 30.3 Å². The third kappa shape index (κ3) is 5.40. The van der Waals surface area contributed by atoms with Gasteiger partial charge in [0.15, 0.2) is 0 Å². The number of carbonyl (C=O) groups excluding carboxylic acids is 3. The van der Waals surface area contributed by atoms with Crippen LogP contribution < -0.4 is 10.6 Å². The highest BCUT2D eigenvalue weighted by atomic mass is 16.2. The van der Waals surface area contributed by atoms with Crippen LogP contribution in [0.25, 0.3) is 0 Å². The van der Waals surface area contributed by atoms with Gasteiger partial charge in [0.2, 0.25) is 17.7 Å². The van der Waals surface area contributed by atoms with E-state index >= 15 is 0 Å². The maximum Gasteiger partial charge on any atom is 0.242 e.